The van der Waals surface area contributed by atoms with Gasteiger partial charge in [-0.3, -0.25) is 0 Å². The van der Waals surface area contributed by atoms with Crippen LogP contribution in [0, 0.1) is 0 Å². The van der Waals surface area contributed by atoms with Gasteiger partial charge in [0.2, 0.25) is 0 Å². The lowest BCUT2D eigenvalue weighted by molar-refractivity contribution is 0.0968. The molecule has 19 heavy (non-hydrogen) atoms. The Morgan fingerprint density at radius 1 is 1.05 bits per heavy atom. The van der Waals surface area contributed by atoms with Crippen molar-refractivity contribution in [1.29, 1.82) is 0 Å². The Balaban J connectivity index is 2.26. The highest BCUT2D eigenvalue weighted by Gasteiger charge is 2.40. The smallest absolute Gasteiger partial charge is 0.0841 e. The minimum absolute atomic E-state index is 0.528. The van der Waals surface area contributed by atoms with Crippen molar-refractivity contribution in [3.8, 4) is 0 Å². The lowest BCUT2D eigenvalue weighted by Crippen LogP contribution is -2.43. The maximum atomic E-state index is 6.07. The van der Waals surface area contributed by atoms with E-state index in [0.29, 0.717) is 17.9 Å². The van der Waals surface area contributed by atoms with Gasteiger partial charge in [0.25, 0.3) is 0 Å². The highest BCUT2D eigenvalue weighted by molar-refractivity contribution is 6.78. The molecular formula is C16H34O2Si. The minimum atomic E-state index is -1.26. The van der Waals surface area contributed by atoms with E-state index in [0.717, 1.165) is 13.0 Å². The molecule has 0 saturated carbocycles. The second-order valence-corrected chi connectivity index (χ2v) is 11.8. The molecule has 0 aliphatic carbocycles. The van der Waals surface area contributed by atoms with Crippen LogP contribution >= 0.6 is 0 Å². The molecule has 1 heterocycles. The van der Waals surface area contributed by atoms with Crippen molar-refractivity contribution in [2.45, 2.75) is 96.4 Å². The lowest BCUT2D eigenvalue weighted by atomic mass is 10.1. The summed E-state index contributed by atoms with van der Waals surface area (Å²) in [4.78, 5) is 0. The Morgan fingerprint density at radius 3 is 2.32 bits per heavy atom. The fraction of sp³-hybridized carbons (Fsp3) is 1.00. The van der Waals surface area contributed by atoms with E-state index in [1.54, 1.807) is 0 Å². The topological polar surface area (TPSA) is 21.8 Å². The predicted molar refractivity (Wildman–Crippen MR) is 85.4 cm³/mol. The monoisotopic (exact) mass is 286 g/mol. The molecule has 0 amide bonds. The molecule has 0 aromatic heterocycles. The molecule has 1 rings (SSSR count). The number of rotatable bonds is 11. The van der Waals surface area contributed by atoms with Gasteiger partial charge in [-0.2, -0.15) is 0 Å². The van der Waals surface area contributed by atoms with Crippen LogP contribution in [0.15, 0.2) is 0 Å². The third-order valence-electron chi connectivity index (χ3n) is 4.37. The zero-order chi connectivity index (χ0) is 14.3. The lowest BCUT2D eigenvalue weighted by Gasteiger charge is -2.31. The zero-order valence-corrected chi connectivity index (χ0v) is 14.7. The Hall–Kier alpha value is 0.137. The highest BCUT2D eigenvalue weighted by atomic mass is 28.3. The first kappa shape index (κ1) is 17.2. The quantitative estimate of drug-likeness (QED) is 0.402. The Kier molecular flexibility index (Phi) is 7.63. The molecule has 0 spiro atoms. The van der Waals surface area contributed by atoms with Crippen molar-refractivity contribution in [2.75, 3.05) is 6.61 Å². The number of unbranched alkanes of at least 4 members (excludes halogenated alkanes) is 1. The molecule has 0 bridgehead atoms. The molecule has 3 heteroatoms. The number of hydrogen-bond donors (Lipinski definition) is 0. The second-order valence-electron chi connectivity index (χ2n) is 6.65. The first-order chi connectivity index (χ1) is 9.05. The van der Waals surface area contributed by atoms with E-state index in [2.05, 4.69) is 33.9 Å². The van der Waals surface area contributed by atoms with Crippen LogP contribution in [0.1, 0.15) is 59.3 Å². The van der Waals surface area contributed by atoms with Crippen LogP contribution in [0.4, 0.5) is 0 Å². The van der Waals surface area contributed by atoms with Crippen molar-refractivity contribution in [1.82, 2.24) is 0 Å². The highest BCUT2D eigenvalue weighted by Crippen LogP contribution is 2.34. The van der Waals surface area contributed by atoms with Crippen LogP contribution in [0.3, 0.4) is 0 Å². The number of hydrogen-bond acceptors (Lipinski definition) is 2. The van der Waals surface area contributed by atoms with Gasteiger partial charge in [0, 0.05) is 12.3 Å². The van der Waals surface area contributed by atoms with E-state index < -0.39 is 8.07 Å². The van der Waals surface area contributed by atoms with Crippen LogP contribution in [-0.4, -0.2) is 32.6 Å². The van der Waals surface area contributed by atoms with E-state index in [-0.39, 0.29) is 0 Å². The Morgan fingerprint density at radius 2 is 1.74 bits per heavy atom. The molecule has 1 aliphatic rings. The number of epoxide rings is 1. The van der Waals surface area contributed by atoms with Crippen molar-refractivity contribution in [2.24, 2.45) is 0 Å². The van der Waals surface area contributed by atoms with Crippen LogP contribution in [0.5, 0.6) is 0 Å². The molecule has 0 N–H and O–H groups in total. The van der Waals surface area contributed by atoms with Crippen LogP contribution in [-0.2, 0) is 9.47 Å². The summed E-state index contributed by atoms with van der Waals surface area (Å²) < 4.78 is 11.9. The van der Waals surface area contributed by atoms with Crippen LogP contribution in [0.25, 0.3) is 0 Å². The SMILES string of the molecule is CCCCC1OC1CC[Si](C)(C)C(CC)OCCC. The van der Waals surface area contributed by atoms with E-state index in [1.165, 1.54) is 38.1 Å². The fourth-order valence-electron chi connectivity index (χ4n) is 2.92. The second kappa shape index (κ2) is 8.43. The maximum Gasteiger partial charge on any atom is 0.0841 e. The third kappa shape index (κ3) is 5.97. The maximum absolute atomic E-state index is 6.07. The average molecular weight is 287 g/mol. The van der Waals surface area contributed by atoms with Crippen LogP contribution in [0.2, 0.25) is 19.1 Å². The molecule has 3 atom stereocenters. The van der Waals surface area contributed by atoms with Crippen molar-refractivity contribution in [3.05, 3.63) is 0 Å². The summed E-state index contributed by atoms with van der Waals surface area (Å²) in [5, 5.41) is 0. The van der Waals surface area contributed by atoms with E-state index in [9.17, 15) is 0 Å². The summed E-state index contributed by atoms with van der Waals surface area (Å²) in [6.45, 7) is 12.6. The summed E-state index contributed by atoms with van der Waals surface area (Å²) in [6, 6.07) is 1.35. The van der Waals surface area contributed by atoms with Gasteiger partial charge in [0.1, 0.15) is 0 Å². The molecule has 1 fully saturated rings. The van der Waals surface area contributed by atoms with Crippen molar-refractivity contribution < 1.29 is 9.47 Å². The standard InChI is InChI=1S/C16H34O2Si/c1-6-9-10-14-15(18-14)11-13-19(4,5)16(8-3)17-12-7-2/h14-16H,6-13H2,1-5H3. The minimum Gasteiger partial charge on any atom is -0.382 e. The van der Waals surface area contributed by atoms with E-state index in [4.69, 9.17) is 9.47 Å². The number of ether oxygens (including phenoxy) is 2. The van der Waals surface area contributed by atoms with Crippen molar-refractivity contribution >= 4 is 8.07 Å². The zero-order valence-electron chi connectivity index (χ0n) is 13.7. The average Bonchev–Trinajstić information content (AvgIpc) is 3.13. The summed E-state index contributed by atoms with van der Waals surface area (Å²) >= 11 is 0. The predicted octanol–water partition coefficient (Wildman–Crippen LogP) is 4.79. The van der Waals surface area contributed by atoms with Gasteiger partial charge in [-0.15, -0.1) is 0 Å². The normalized spacial score (nSPS) is 24.5. The Bertz CT molecular complexity index is 243. The van der Waals surface area contributed by atoms with E-state index in [1.807, 2.05) is 0 Å². The molecule has 1 saturated heterocycles. The molecule has 1 aliphatic heterocycles. The summed E-state index contributed by atoms with van der Waals surface area (Å²) in [7, 11) is -1.26. The van der Waals surface area contributed by atoms with E-state index >= 15 is 0 Å². The molecular weight excluding hydrogens is 252 g/mol. The summed E-state index contributed by atoms with van der Waals surface area (Å²) in [6.07, 6.45) is 8.60. The van der Waals surface area contributed by atoms with Gasteiger partial charge in [-0.05, 0) is 25.7 Å². The van der Waals surface area contributed by atoms with Gasteiger partial charge < -0.3 is 9.47 Å². The largest absolute Gasteiger partial charge is 0.382 e. The summed E-state index contributed by atoms with van der Waals surface area (Å²) in [5.41, 5.74) is 0.528. The van der Waals surface area contributed by atoms with Gasteiger partial charge in [0.05, 0.1) is 20.3 Å². The van der Waals surface area contributed by atoms with Gasteiger partial charge in [-0.1, -0.05) is 52.8 Å². The molecule has 2 nitrogen and oxygen atoms in total. The fourth-order valence-corrected chi connectivity index (χ4v) is 5.95. The van der Waals surface area contributed by atoms with Gasteiger partial charge >= 0.3 is 0 Å². The summed E-state index contributed by atoms with van der Waals surface area (Å²) in [5.74, 6) is 0. The first-order valence-electron chi connectivity index (χ1n) is 8.32. The Labute approximate surface area is 121 Å². The first-order valence-corrected chi connectivity index (χ1v) is 11.6. The molecule has 3 unspecified atom stereocenters. The molecule has 114 valence electrons. The van der Waals surface area contributed by atoms with Gasteiger partial charge in [-0.25, -0.2) is 0 Å². The molecule has 0 radical (unpaired) electrons. The van der Waals surface area contributed by atoms with Crippen LogP contribution < -0.4 is 0 Å². The third-order valence-corrected chi connectivity index (χ3v) is 8.26. The molecule has 0 aromatic carbocycles. The van der Waals surface area contributed by atoms with Gasteiger partial charge in [0.15, 0.2) is 0 Å². The van der Waals surface area contributed by atoms with Crippen molar-refractivity contribution in [3.63, 3.8) is 0 Å². The molecule has 0 aromatic rings.